The van der Waals surface area contributed by atoms with Gasteiger partial charge in [0.1, 0.15) is 5.69 Å². The number of nitrogens with zero attached hydrogens (tertiary/aromatic N) is 2. The number of hydrogen-bond acceptors (Lipinski definition) is 1. The van der Waals surface area contributed by atoms with Crippen LogP contribution in [0.15, 0.2) is 12.3 Å². The van der Waals surface area contributed by atoms with Gasteiger partial charge in [0.2, 0.25) is 0 Å². The van der Waals surface area contributed by atoms with Crippen molar-refractivity contribution in [3.63, 3.8) is 0 Å². The number of aryl methyl sites for hydroxylation is 1. The van der Waals surface area contributed by atoms with Crippen LogP contribution in [0.1, 0.15) is 19.5 Å². The Morgan fingerprint density at radius 1 is 1.33 bits per heavy atom. The third-order valence-corrected chi connectivity index (χ3v) is 1.11. The van der Waals surface area contributed by atoms with Gasteiger partial charge in [0.15, 0.2) is 0 Å². The Kier molecular flexibility index (Phi) is 3.79. The van der Waals surface area contributed by atoms with E-state index in [1.54, 1.807) is 0 Å². The summed E-state index contributed by atoms with van der Waals surface area (Å²) in [5.41, 5.74) is -0.729. The van der Waals surface area contributed by atoms with Crippen molar-refractivity contribution in [2.75, 3.05) is 0 Å². The van der Waals surface area contributed by atoms with E-state index in [4.69, 9.17) is 0 Å². The number of halogens is 3. The van der Waals surface area contributed by atoms with Crippen molar-refractivity contribution < 1.29 is 13.2 Å². The largest absolute Gasteiger partial charge is 0.433 e. The minimum Gasteiger partial charge on any atom is -0.264 e. The van der Waals surface area contributed by atoms with Crippen LogP contribution in [-0.2, 0) is 13.2 Å². The lowest BCUT2D eigenvalue weighted by molar-refractivity contribution is -0.143. The number of rotatable bonds is 0. The molecule has 0 N–H and O–H groups in total. The number of alkyl halides is 3. The molecule has 0 aromatic carbocycles. The van der Waals surface area contributed by atoms with Crippen molar-refractivity contribution in [2.24, 2.45) is 7.05 Å². The summed E-state index contributed by atoms with van der Waals surface area (Å²) < 4.78 is 36.3. The second-order valence-corrected chi connectivity index (χ2v) is 1.84. The summed E-state index contributed by atoms with van der Waals surface area (Å²) in [6.45, 7) is 4.00. The van der Waals surface area contributed by atoms with E-state index in [9.17, 15) is 13.2 Å². The normalized spacial score (nSPS) is 10.5. The van der Waals surface area contributed by atoms with E-state index in [0.29, 0.717) is 0 Å². The topological polar surface area (TPSA) is 17.8 Å². The van der Waals surface area contributed by atoms with E-state index in [1.165, 1.54) is 7.05 Å². The third kappa shape index (κ3) is 2.56. The van der Waals surface area contributed by atoms with Gasteiger partial charge in [-0.3, -0.25) is 4.68 Å². The number of aromatic nitrogens is 2. The van der Waals surface area contributed by atoms with E-state index >= 15 is 0 Å². The lowest BCUT2D eigenvalue weighted by atomic mass is 10.4. The monoisotopic (exact) mass is 180 g/mol. The maximum absolute atomic E-state index is 11.8. The highest BCUT2D eigenvalue weighted by Gasteiger charge is 2.33. The van der Waals surface area contributed by atoms with Crippen LogP contribution in [0.3, 0.4) is 0 Å². The molecule has 0 bridgehead atoms. The zero-order valence-corrected chi connectivity index (χ0v) is 7.18. The maximum Gasteiger partial charge on any atom is 0.433 e. The Hall–Kier alpha value is -1.00. The van der Waals surface area contributed by atoms with Crippen LogP contribution in [0.5, 0.6) is 0 Å². The van der Waals surface area contributed by atoms with E-state index in [0.717, 1.165) is 16.9 Å². The molecule has 0 aliphatic rings. The van der Waals surface area contributed by atoms with Crippen molar-refractivity contribution >= 4 is 0 Å². The zero-order valence-electron chi connectivity index (χ0n) is 7.18. The van der Waals surface area contributed by atoms with Crippen molar-refractivity contribution in [1.29, 1.82) is 0 Å². The lowest BCUT2D eigenvalue weighted by Crippen LogP contribution is -2.11. The van der Waals surface area contributed by atoms with E-state index in [1.807, 2.05) is 13.8 Å². The van der Waals surface area contributed by atoms with Crippen LogP contribution >= 0.6 is 0 Å². The molecule has 0 fully saturated rings. The van der Waals surface area contributed by atoms with Crippen molar-refractivity contribution in [3.05, 3.63) is 18.0 Å². The predicted molar refractivity (Wildman–Crippen MR) is 39.6 cm³/mol. The van der Waals surface area contributed by atoms with Gasteiger partial charge in [0, 0.05) is 13.2 Å². The average molecular weight is 180 g/mol. The van der Waals surface area contributed by atoms with Crippen LogP contribution < -0.4 is 0 Å². The van der Waals surface area contributed by atoms with Crippen LogP contribution in [0, 0.1) is 0 Å². The maximum atomic E-state index is 11.8. The summed E-state index contributed by atoms with van der Waals surface area (Å²) >= 11 is 0. The van der Waals surface area contributed by atoms with Gasteiger partial charge in [-0.05, 0) is 6.07 Å². The first-order chi connectivity index (χ1) is 5.52. The molecule has 0 aliphatic carbocycles. The molecule has 1 rings (SSSR count). The molecule has 1 aromatic rings. The fourth-order valence-corrected chi connectivity index (χ4v) is 0.652. The summed E-state index contributed by atoms with van der Waals surface area (Å²) in [7, 11) is 1.25. The molecule has 0 saturated carbocycles. The van der Waals surface area contributed by atoms with Crippen LogP contribution in [-0.4, -0.2) is 9.78 Å². The predicted octanol–water partition coefficient (Wildman–Crippen LogP) is 2.47. The van der Waals surface area contributed by atoms with Gasteiger partial charge in [-0.25, -0.2) is 0 Å². The van der Waals surface area contributed by atoms with Gasteiger partial charge >= 0.3 is 6.18 Å². The SMILES string of the molecule is CC.Cn1nccc1C(F)(F)F. The quantitative estimate of drug-likeness (QED) is 0.599. The highest BCUT2D eigenvalue weighted by molar-refractivity contribution is 5.03. The van der Waals surface area contributed by atoms with Gasteiger partial charge in [-0.2, -0.15) is 18.3 Å². The summed E-state index contributed by atoms with van der Waals surface area (Å²) in [6.07, 6.45) is -3.17. The molecule has 0 saturated heterocycles. The smallest absolute Gasteiger partial charge is 0.264 e. The van der Waals surface area contributed by atoms with Crippen LogP contribution in [0.4, 0.5) is 13.2 Å². The van der Waals surface area contributed by atoms with Gasteiger partial charge in [-0.1, -0.05) is 13.8 Å². The molecule has 1 heterocycles. The zero-order chi connectivity index (χ0) is 9.78. The highest BCUT2D eigenvalue weighted by Crippen LogP contribution is 2.27. The molecule has 0 atom stereocenters. The Bertz CT molecular complexity index is 227. The van der Waals surface area contributed by atoms with Gasteiger partial charge in [0.25, 0.3) is 0 Å². The van der Waals surface area contributed by atoms with Gasteiger partial charge < -0.3 is 0 Å². The first-order valence-corrected chi connectivity index (χ1v) is 3.57. The molecular weight excluding hydrogens is 169 g/mol. The van der Waals surface area contributed by atoms with Crippen LogP contribution in [0.2, 0.25) is 0 Å². The molecule has 0 unspecified atom stereocenters. The molecule has 1 aromatic heterocycles. The first kappa shape index (κ1) is 11.0. The van der Waals surface area contributed by atoms with Crippen molar-refractivity contribution in [2.45, 2.75) is 20.0 Å². The Morgan fingerprint density at radius 3 is 2.00 bits per heavy atom. The standard InChI is InChI=1S/C5H5F3N2.C2H6/c1-10-4(2-3-9-10)5(6,7)8;1-2/h2-3H,1H3;1-2H3. The Morgan fingerprint density at radius 2 is 1.83 bits per heavy atom. The molecule has 5 heteroatoms. The summed E-state index contributed by atoms with van der Waals surface area (Å²) in [5, 5.41) is 3.38. The highest BCUT2D eigenvalue weighted by atomic mass is 19.4. The Labute approximate surface area is 69.0 Å². The fraction of sp³-hybridized carbons (Fsp3) is 0.571. The van der Waals surface area contributed by atoms with Crippen LogP contribution in [0.25, 0.3) is 0 Å². The molecule has 70 valence electrons. The Balaban J connectivity index is 0.000000561. The average Bonchev–Trinajstić information content (AvgIpc) is 2.38. The molecular formula is C7H11F3N2. The molecule has 0 amide bonds. The summed E-state index contributed by atoms with van der Waals surface area (Å²) in [4.78, 5) is 0. The van der Waals surface area contributed by atoms with Gasteiger partial charge in [-0.15, -0.1) is 0 Å². The fourth-order valence-electron chi connectivity index (χ4n) is 0.652. The molecule has 0 aliphatic heterocycles. The van der Waals surface area contributed by atoms with E-state index < -0.39 is 11.9 Å². The minimum atomic E-state index is -4.29. The van der Waals surface area contributed by atoms with E-state index in [2.05, 4.69) is 5.10 Å². The molecule has 0 spiro atoms. The molecule has 12 heavy (non-hydrogen) atoms. The molecule has 0 radical (unpaired) electrons. The second-order valence-electron chi connectivity index (χ2n) is 1.84. The van der Waals surface area contributed by atoms with E-state index in [-0.39, 0.29) is 0 Å². The lowest BCUT2D eigenvalue weighted by Gasteiger charge is -2.04. The second kappa shape index (κ2) is 4.13. The van der Waals surface area contributed by atoms with Crippen molar-refractivity contribution in [1.82, 2.24) is 9.78 Å². The molecule has 2 nitrogen and oxygen atoms in total. The van der Waals surface area contributed by atoms with Gasteiger partial charge in [0.05, 0.1) is 0 Å². The summed E-state index contributed by atoms with van der Waals surface area (Å²) in [6, 6.07) is 0.931. The summed E-state index contributed by atoms with van der Waals surface area (Å²) in [5.74, 6) is 0. The number of hydrogen-bond donors (Lipinski definition) is 0. The first-order valence-electron chi connectivity index (χ1n) is 3.57. The minimum absolute atomic E-state index is 0.729. The van der Waals surface area contributed by atoms with Crippen molar-refractivity contribution in [3.8, 4) is 0 Å². The third-order valence-electron chi connectivity index (χ3n) is 1.11.